The predicted molar refractivity (Wildman–Crippen MR) is 78.8 cm³/mol. The summed E-state index contributed by atoms with van der Waals surface area (Å²) >= 11 is 0. The smallest absolute Gasteiger partial charge is 0.229 e. The molecular formula is C15H20N4. The molecule has 0 bridgehead atoms. The molecule has 19 heavy (non-hydrogen) atoms. The number of nitrogens with zero attached hydrogens (tertiary/aromatic N) is 3. The summed E-state index contributed by atoms with van der Waals surface area (Å²) in [7, 11) is 1.98. The molecule has 0 aliphatic heterocycles. The van der Waals surface area contributed by atoms with Gasteiger partial charge in [-0.25, -0.2) is 9.97 Å². The monoisotopic (exact) mass is 256 g/mol. The van der Waals surface area contributed by atoms with Crippen molar-refractivity contribution in [3.05, 3.63) is 47.3 Å². The van der Waals surface area contributed by atoms with Crippen LogP contribution in [0.1, 0.15) is 16.7 Å². The van der Waals surface area contributed by atoms with E-state index in [1.165, 1.54) is 11.1 Å². The zero-order chi connectivity index (χ0) is 13.8. The van der Waals surface area contributed by atoms with Gasteiger partial charge >= 0.3 is 0 Å². The van der Waals surface area contributed by atoms with Gasteiger partial charge < -0.3 is 10.6 Å². The minimum Gasteiger partial charge on any atom is -0.330 e. The Morgan fingerprint density at radius 2 is 1.84 bits per heavy atom. The topological polar surface area (TPSA) is 55.0 Å². The largest absolute Gasteiger partial charge is 0.330 e. The lowest BCUT2D eigenvalue weighted by Gasteiger charge is -2.19. The Kier molecular flexibility index (Phi) is 4.12. The van der Waals surface area contributed by atoms with Gasteiger partial charge in [0.2, 0.25) is 5.95 Å². The number of benzene rings is 1. The van der Waals surface area contributed by atoms with Gasteiger partial charge in [-0.15, -0.1) is 0 Å². The second-order valence-electron chi connectivity index (χ2n) is 4.78. The Labute approximate surface area is 114 Å². The van der Waals surface area contributed by atoms with Crippen LogP contribution in [0.3, 0.4) is 0 Å². The molecular weight excluding hydrogens is 236 g/mol. The SMILES string of the molecule is Cc1ccc(N(C)c2ncc(CCN)cn2)c(C)c1. The number of anilines is 2. The van der Waals surface area contributed by atoms with Crippen molar-refractivity contribution in [2.24, 2.45) is 5.73 Å². The van der Waals surface area contributed by atoms with Crippen molar-refractivity contribution in [2.75, 3.05) is 18.5 Å². The fraction of sp³-hybridized carbons (Fsp3) is 0.333. The Hall–Kier alpha value is -1.94. The van der Waals surface area contributed by atoms with Gasteiger partial charge in [-0.2, -0.15) is 0 Å². The van der Waals surface area contributed by atoms with Crippen LogP contribution in [-0.4, -0.2) is 23.6 Å². The van der Waals surface area contributed by atoms with E-state index >= 15 is 0 Å². The van der Waals surface area contributed by atoms with Crippen molar-refractivity contribution in [1.82, 2.24) is 9.97 Å². The average molecular weight is 256 g/mol. The number of hydrogen-bond donors (Lipinski definition) is 1. The molecule has 2 rings (SSSR count). The fourth-order valence-corrected chi connectivity index (χ4v) is 2.11. The lowest BCUT2D eigenvalue weighted by molar-refractivity contribution is 0.930. The quantitative estimate of drug-likeness (QED) is 0.912. The summed E-state index contributed by atoms with van der Waals surface area (Å²) in [5.74, 6) is 0.702. The average Bonchev–Trinajstić information content (AvgIpc) is 2.39. The Balaban J connectivity index is 2.25. The molecule has 0 aliphatic carbocycles. The first-order valence-electron chi connectivity index (χ1n) is 6.44. The van der Waals surface area contributed by atoms with Gasteiger partial charge in [0.05, 0.1) is 0 Å². The fourth-order valence-electron chi connectivity index (χ4n) is 2.11. The number of aryl methyl sites for hydroxylation is 2. The molecule has 0 atom stereocenters. The third-order valence-corrected chi connectivity index (χ3v) is 3.14. The molecule has 0 fully saturated rings. The lowest BCUT2D eigenvalue weighted by atomic mass is 10.1. The first-order valence-corrected chi connectivity index (χ1v) is 6.44. The van der Waals surface area contributed by atoms with Crippen molar-refractivity contribution in [3.8, 4) is 0 Å². The maximum Gasteiger partial charge on any atom is 0.229 e. The summed E-state index contributed by atoms with van der Waals surface area (Å²) in [6.45, 7) is 4.81. The molecule has 0 radical (unpaired) electrons. The van der Waals surface area contributed by atoms with Crippen molar-refractivity contribution in [2.45, 2.75) is 20.3 Å². The zero-order valence-electron chi connectivity index (χ0n) is 11.7. The van der Waals surface area contributed by atoms with E-state index in [-0.39, 0.29) is 0 Å². The van der Waals surface area contributed by atoms with Gasteiger partial charge in [0.15, 0.2) is 0 Å². The zero-order valence-corrected chi connectivity index (χ0v) is 11.7. The first-order chi connectivity index (χ1) is 9.11. The molecule has 0 saturated carbocycles. The minimum atomic E-state index is 0.621. The Bertz CT molecular complexity index is 549. The van der Waals surface area contributed by atoms with Crippen LogP contribution in [0.2, 0.25) is 0 Å². The van der Waals surface area contributed by atoms with Crippen molar-refractivity contribution in [1.29, 1.82) is 0 Å². The van der Waals surface area contributed by atoms with E-state index < -0.39 is 0 Å². The summed E-state index contributed by atoms with van der Waals surface area (Å²) in [6.07, 6.45) is 4.50. The molecule has 0 saturated heterocycles. The lowest BCUT2D eigenvalue weighted by Crippen LogP contribution is -2.14. The second kappa shape index (κ2) is 5.80. The van der Waals surface area contributed by atoms with Crippen LogP contribution < -0.4 is 10.6 Å². The van der Waals surface area contributed by atoms with Crippen molar-refractivity contribution >= 4 is 11.6 Å². The van der Waals surface area contributed by atoms with Gasteiger partial charge in [-0.1, -0.05) is 17.7 Å². The number of aromatic nitrogens is 2. The van der Waals surface area contributed by atoms with Crippen molar-refractivity contribution in [3.63, 3.8) is 0 Å². The number of rotatable bonds is 4. The predicted octanol–water partition coefficient (Wildman–Crippen LogP) is 2.36. The molecule has 4 nitrogen and oxygen atoms in total. The van der Waals surface area contributed by atoms with Crippen LogP contribution in [0.15, 0.2) is 30.6 Å². The van der Waals surface area contributed by atoms with Gasteiger partial charge in [0.25, 0.3) is 0 Å². The van der Waals surface area contributed by atoms with Crippen LogP contribution in [0.4, 0.5) is 11.6 Å². The van der Waals surface area contributed by atoms with E-state index in [4.69, 9.17) is 5.73 Å². The summed E-state index contributed by atoms with van der Waals surface area (Å²) < 4.78 is 0. The van der Waals surface area contributed by atoms with E-state index in [1.54, 1.807) is 0 Å². The van der Waals surface area contributed by atoms with Gasteiger partial charge in [0, 0.05) is 25.1 Å². The number of hydrogen-bond acceptors (Lipinski definition) is 4. The highest BCUT2D eigenvalue weighted by atomic mass is 15.2. The van der Waals surface area contributed by atoms with Crippen LogP contribution in [-0.2, 0) is 6.42 Å². The maximum absolute atomic E-state index is 5.52. The number of nitrogens with two attached hydrogens (primary N) is 1. The van der Waals surface area contributed by atoms with Crippen LogP contribution in [0.5, 0.6) is 0 Å². The summed E-state index contributed by atoms with van der Waals surface area (Å²) in [6, 6.07) is 6.36. The van der Waals surface area contributed by atoms with Crippen LogP contribution in [0.25, 0.3) is 0 Å². The normalized spacial score (nSPS) is 10.5. The Morgan fingerprint density at radius 1 is 1.16 bits per heavy atom. The first kappa shape index (κ1) is 13.5. The molecule has 0 spiro atoms. The molecule has 0 aliphatic rings. The maximum atomic E-state index is 5.52. The van der Waals surface area contributed by atoms with Crippen LogP contribution >= 0.6 is 0 Å². The van der Waals surface area contributed by atoms with E-state index in [9.17, 15) is 0 Å². The second-order valence-corrected chi connectivity index (χ2v) is 4.78. The molecule has 1 aromatic heterocycles. The highest BCUT2D eigenvalue weighted by molar-refractivity contribution is 5.61. The summed E-state index contributed by atoms with van der Waals surface area (Å²) in [5, 5.41) is 0. The third kappa shape index (κ3) is 3.09. The van der Waals surface area contributed by atoms with Gasteiger partial charge in [0.1, 0.15) is 0 Å². The van der Waals surface area contributed by atoms with Gasteiger partial charge in [-0.3, -0.25) is 0 Å². The van der Waals surface area contributed by atoms with E-state index in [2.05, 4.69) is 42.0 Å². The summed E-state index contributed by atoms with van der Waals surface area (Å²) in [4.78, 5) is 10.8. The minimum absolute atomic E-state index is 0.621. The van der Waals surface area contributed by atoms with E-state index in [0.717, 1.165) is 17.7 Å². The molecule has 0 amide bonds. The van der Waals surface area contributed by atoms with Crippen LogP contribution in [0, 0.1) is 13.8 Å². The molecule has 0 unspecified atom stereocenters. The van der Waals surface area contributed by atoms with Crippen molar-refractivity contribution < 1.29 is 0 Å². The Morgan fingerprint density at radius 3 is 2.42 bits per heavy atom. The molecule has 2 aromatic rings. The summed E-state index contributed by atoms with van der Waals surface area (Å²) in [5.41, 5.74) is 10.2. The standard InChI is InChI=1S/C15H20N4/c1-11-4-5-14(12(2)8-11)19(3)15-17-9-13(6-7-16)10-18-15/h4-5,8-10H,6-7,16H2,1-3H3. The molecule has 1 heterocycles. The highest BCUT2D eigenvalue weighted by Crippen LogP contribution is 2.24. The molecule has 100 valence electrons. The van der Waals surface area contributed by atoms with Gasteiger partial charge in [-0.05, 0) is 44.0 Å². The van der Waals surface area contributed by atoms with E-state index in [0.29, 0.717) is 12.5 Å². The van der Waals surface area contributed by atoms with E-state index in [1.807, 2.05) is 24.3 Å². The third-order valence-electron chi connectivity index (χ3n) is 3.14. The molecule has 4 heteroatoms. The molecule has 2 N–H and O–H groups in total. The molecule has 1 aromatic carbocycles. The highest BCUT2D eigenvalue weighted by Gasteiger charge is 2.09.